The van der Waals surface area contributed by atoms with Crippen molar-refractivity contribution < 1.29 is 9.23 Å². The van der Waals surface area contributed by atoms with Crippen LogP contribution in [0.1, 0.15) is 5.56 Å². The predicted molar refractivity (Wildman–Crippen MR) is 50.3 cm³/mol. The van der Waals surface area contributed by atoms with Crippen LogP contribution in [0.25, 0.3) is 0 Å². The van der Waals surface area contributed by atoms with E-state index < -0.39 is 5.82 Å². The number of rotatable bonds is 3. The van der Waals surface area contributed by atoms with Crippen molar-refractivity contribution in [1.29, 1.82) is 0 Å². The van der Waals surface area contributed by atoms with Crippen molar-refractivity contribution in [3.8, 4) is 0 Å². The Kier molecular flexibility index (Phi) is 3.93. The molecule has 0 atom stereocenters. The standard InChI is InChI=1S/C8H8Cl2FNO/c1-13-12-4-5-2-3-6(11)8(10)7(5)9/h2-3,12H,4H2,1H3. The summed E-state index contributed by atoms with van der Waals surface area (Å²) in [4.78, 5) is 4.63. The van der Waals surface area contributed by atoms with Gasteiger partial charge in [-0.25, -0.2) is 4.39 Å². The van der Waals surface area contributed by atoms with Crippen molar-refractivity contribution in [3.63, 3.8) is 0 Å². The Labute approximate surface area is 85.6 Å². The lowest BCUT2D eigenvalue weighted by atomic mass is 10.2. The van der Waals surface area contributed by atoms with Crippen molar-refractivity contribution >= 4 is 23.2 Å². The monoisotopic (exact) mass is 223 g/mol. The van der Waals surface area contributed by atoms with E-state index in [4.69, 9.17) is 23.2 Å². The Balaban J connectivity index is 2.90. The summed E-state index contributed by atoms with van der Waals surface area (Å²) in [6, 6.07) is 2.82. The number of hydrogen-bond donors (Lipinski definition) is 1. The fourth-order valence-electron chi connectivity index (χ4n) is 0.852. The summed E-state index contributed by atoms with van der Waals surface area (Å²) in [5.41, 5.74) is 3.28. The fraction of sp³-hybridized carbons (Fsp3) is 0.250. The lowest BCUT2D eigenvalue weighted by Gasteiger charge is -2.06. The normalized spacial score (nSPS) is 10.5. The van der Waals surface area contributed by atoms with Gasteiger partial charge in [-0.3, -0.25) is 0 Å². The van der Waals surface area contributed by atoms with Crippen molar-refractivity contribution in [3.05, 3.63) is 33.6 Å². The van der Waals surface area contributed by atoms with Gasteiger partial charge in [-0.05, 0) is 11.6 Å². The molecule has 5 heteroatoms. The Morgan fingerprint density at radius 3 is 2.69 bits per heavy atom. The van der Waals surface area contributed by atoms with Gasteiger partial charge < -0.3 is 4.84 Å². The molecular weight excluding hydrogens is 216 g/mol. The molecule has 1 rings (SSSR count). The van der Waals surface area contributed by atoms with Gasteiger partial charge in [0.05, 0.1) is 17.2 Å². The van der Waals surface area contributed by atoms with Crippen LogP contribution in [0.4, 0.5) is 4.39 Å². The largest absolute Gasteiger partial charge is 0.305 e. The van der Waals surface area contributed by atoms with Crippen LogP contribution in [0.2, 0.25) is 10.0 Å². The average molecular weight is 224 g/mol. The molecule has 1 N–H and O–H groups in total. The molecule has 1 aromatic carbocycles. The van der Waals surface area contributed by atoms with Crippen LogP contribution in [0.15, 0.2) is 12.1 Å². The van der Waals surface area contributed by atoms with Gasteiger partial charge in [0, 0.05) is 6.54 Å². The minimum atomic E-state index is -0.521. The predicted octanol–water partition coefficient (Wildman–Crippen LogP) is 2.78. The van der Waals surface area contributed by atoms with E-state index in [-0.39, 0.29) is 10.0 Å². The molecule has 0 spiro atoms. The summed E-state index contributed by atoms with van der Waals surface area (Å²) in [7, 11) is 1.49. The third kappa shape index (κ3) is 2.54. The highest BCUT2D eigenvalue weighted by atomic mass is 35.5. The molecule has 0 aliphatic rings. The highest BCUT2D eigenvalue weighted by molar-refractivity contribution is 6.42. The third-order valence-corrected chi connectivity index (χ3v) is 2.42. The minimum absolute atomic E-state index is 0.0583. The van der Waals surface area contributed by atoms with Crippen LogP contribution in [-0.2, 0) is 11.4 Å². The molecule has 0 amide bonds. The van der Waals surface area contributed by atoms with E-state index in [1.807, 2.05) is 0 Å². The first-order valence-electron chi connectivity index (χ1n) is 3.55. The maximum Gasteiger partial charge on any atom is 0.143 e. The van der Waals surface area contributed by atoms with Gasteiger partial charge in [-0.1, -0.05) is 29.3 Å². The molecular formula is C8H8Cl2FNO. The van der Waals surface area contributed by atoms with Crippen LogP contribution >= 0.6 is 23.2 Å². The van der Waals surface area contributed by atoms with Crippen molar-refractivity contribution in [2.45, 2.75) is 6.54 Å². The maximum atomic E-state index is 12.8. The number of halogens is 3. The Morgan fingerprint density at radius 2 is 2.08 bits per heavy atom. The molecule has 13 heavy (non-hydrogen) atoms. The van der Waals surface area contributed by atoms with Crippen LogP contribution in [0.3, 0.4) is 0 Å². The van der Waals surface area contributed by atoms with E-state index in [0.29, 0.717) is 12.1 Å². The van der Waals surface area contributed by atoms with E-state index >= 15 is 0 Å². The first-order chi connectivity index (χ1) is 6.16. The summed E-state index contributed by atoms with van der Waals surface area (Å²) >= 11 is 11.4. The zero-order chi connectivity index (χ0) is 9.84. The maximum absolute atomic E-state index is 12.8. The molecule has 72 valence electrons. The van der Waals surface area contributed by atoms with Crippen LogP contribution in [0.5, 0.6) is 0 Å². The summed E-state index contributed by atoms with van der Waals surface area (Å²) in [6.45, 7) is 0.384. The molecule has 2 nitrogen and oxygen atoms in total. The zero-order valence-electron chi connectivity index (χ0n) is 6.90. The van der Waals surface area contributed by atoms with Gasteiger partial charge in [-0.2, -0.15) is 5.48 Å². The van der Waals surface area contributed by atoms with E-state index in [0.717, 1.165) is 0 Å². The fourth-order valence-corrected chi connectivity index (χ4v) is 1.26. The summed E-state index contributed by atoms with van der Waals surface area (Å²) in [6.07, 6.45) is 0. The molecule has 0 fully saturated rings. The molecule has 0 unspecified atom stereocenters. The van der Waals surface area contributed by atoms with Crippen molar-refractivity contribution in [2.24, 2.45) is 0 Å². The second-order valence-electron chi connectivity index (χ2n) is 2.36. The van der Waals surface area contributed by atoms with Gasteiger partial charge in [0.1, 0.15) is 5.82 Å². The molecule has 0 aliphatic carbocycles. The number of nitrogens with one attached hydrogen (secondary N) is 1. The average Bonchev–Trinajstić information content (AvgIpc) is 2.13. The topological polar surface area (TPSA) is 21.3 Å². The van der Waals surface area contributed by atoms with E-state index in [1.165, 1.54) is 13.2 Å². The van der Waals surface area contributed by atoms with E-state index in [2.05, 4.69) is 10.3 Å². The molecule has 0 bridgehead atoms. The van der Waals surface area contributed by atoms with Crippen molar-refractivity contribution in [1.82, 2.24) is 5.48 Å². The Bertz CT molecular complexity index is 306. The quantitative estimate of drug-likeness (QED) is 0.629. The van der Waals surface area contributed by atoms with Gasteiger partial charge in [0.15, 0.2) is 0 Å². The smallest absolute Gasteiger partial charge is 0.143 e. The molecule has 0 heterocycles. The first-order valence-corrected chi connectivity index (χ1v) is 4.30. The lowest BCUT2D eigenvalue weighted by Crippen LogP contribution is -2.11. The Morgan fingerprint density at radius 1 is 1.38 bits per heavy atom. The van der Waals surface area contributed by atoms with E-state index in [1.54, 1.807) is 6.07 Å². The lowest BCUT2D eigenvalue weighted by molar-refractivity contribution is 0.0867. The molecule has 0 saturated heterocycles. The van der Waals surface area contributed by atoms with Crippen LogP contribution < -0.4 is 5.48 Å². The van der Waals surface area contributed by atoms with Crippen molar-refractivity contribution in [2.75, 3.05) is 7.11 Å². The highest BCUT2D eigenvalue weighted by Crippen LogP contribution is 2.28. The number of hydroxylamine groups is 1. The van der Waals surface area contributed by atoms with Gasteiger partial charge in [0.2, 0.25) is 0 Å². The number of benzene rings is 1. The van der Waals surface area contributed by atoms with Crippen LogP contribution in [-0.4, -0.2) is 7.11 Å². The summed E-state index contributed by atoms with van der Waals surface area (Å²) in [5, 5.41) is 0.156. The number of hydrogen-bond acceptors (Lipinski definition) is 2. The molecule has 0 aromatic heterocycles. The molecule has 0 aliphatic heterocycles. The SMILES string of the molecule is CONCc1ccc(F)c(Cl)c1Cl. The van der Waals surface area contributed by atoms with E-state index in [9.17, 15) is 4.39 Å². The zero-order valence-corrected chi connectivity index (χ0v) is 8.42. The van der Waals surface area contributed by atoms with Gasteiger partial charge in [0.25, 0.3) is 0 Å². The second-order valence-corrected chi connectivity index (χ2v) is 3.12. The molecule has 0 radical (unpaired) electrons. The molecule has 0 saturated carbocycles. The Hall–Kier alpha value is -0.350. The highest BCUT2D eigenvalue weighted by Gasteiger charge is 2.08. The summed E-state index contributed by atoms with van der Waals surface area (Å²) < 4.78 is 12.8. The van der Waals surface area contributed by atoms with Gasteiger partial charge in [-0.15, -0.1) is 0 Å². The van der Waals surface area contributed by atoms with Crippen LogP contribution in [0, 0.1) is 5.82 Å². The minimum Gasteiger partial charge on any atom is -0.305 e. The first kappa shape index (κ1) is 10.7. The summed E-state index contributed by atoms with van der Waals surface area (Å²) in [5.74, 6) is -0.521. The third-order valence-electron chi connectivity index (χ3n) is 1.52. The molecule has 1 aromatic rings. The van der Waals surface area contributed by atoms with Gasteiger partial charge >= 0.3 is 0 Å². The second kappa shape index (κ2) is 4.77.